The molecule has 3 heterocycles. The fourth-order valence-corrected chi connectivity index (χ4v) is 7.46. The van der Waals surface area contributed by atoms with E-state index in [2.05, 4.69) is 15.6 Å². The zero-order valence-corrected chi connectivity index (χ0v) is 25.0. The molecule has 0 bridgehead atoms. The van der Waals surface area contributed by atoms with Gasteiger partial charge in [-0.25, -0.2) is 9.97 Å². The highest BCUT2D eigenvalue weighted by atomic mass is 32.1. The van der Waals surface area contributed by atoms with Gasteiger partial charge in [0.25, 0.3) is 0 Å². The van der Waals surface area contributed by atoms with Crippen LogP contribution in [0, 0.1) is 18.8 Å². The smallest absolute Gasteiger partial charge is 0.224 e. The number of thiazole rings is 1. The van der Waals surface area contributed by atoms with Crippen LogP contribution in [-0.4, -0.2) is 72.4 Å². The van der Waals surface area contributed by atoms with E-state index in [4.69, 9.17) is 19.7 Å². The van der Waals surface area contributed by atoms with Crippen LogP contribution in [0.5, 0.6) is 0 Å². The Hall–Kier alpha value is -2.44. The van der Waals surface area contributed by atoms with Crippen LogP contribution in [0.1, 0.15) is 82.5 Å². The first-order valence-electron chi connectivity index (χ1n) is 15.0. The van der Waals surface area contributed by atoms with Crippen LogP contribution in [0.25, 0.3) is 20.8 Å². The molecule has 3 aromatic heterocycles. The number of hydrogen-bond donors (Lipinski definition) is 5. The molecule has 41 heavy (non-hydrogen) atoms. The fourth-order valence-electron chi connectivity index (χ4n) is 6.39. The summed E-state index contributed by atoms with van der Waals surface area (Å²) in [7, 11) is 0. The van der Waals surface area contributed by atoms with Crippen molar-refractivity contribution in [1.82, 2.24) is 19.9 Å². The van der Waals surface area contributed by atoms with E-state index in [1.54, 1.807) is 25.2 Å². The Morgan fingerprint density at radius 2 is 1.90 bits per heavy atom. The monoisotopic (exact) mass is 582 g/mol. The molecule has 0 aliphatic heterocycles. The number of aromatic nitrogens is 4. The summed E-state index contributed by atoms with van der Waals surface area (Å²) in [5.41, 5.74) is 0.519. The Balaban J connectivity index is 1.29. The van der Waals surface area contributed by atoms with Gasteiger partial charge in [0, 0.05) is 31.2 Å². The van der Waals surface area contributed by atoms with Crippen LogP contribution in [-0.2, 0) is 4.74 Å². The molecular formula is C30H42N6O4S. The van der Waals surface area contributed by atoms with Gasteiger partial charge in [0.2, 0.25) is 5.95 Å². The first kappa shape index (κ1) is 28.7. The maximum atomic E-state index is 11.6. The molecular weight excluding hydrogens is 540 g/mol. The number of fused-ring (bicyclic) bond motifs is 1. The first-order valence-corrected chi connectivity index (χ1v) is 15.8. The third-order valence-corrected chi connectivity index (χ3v) is 9.95. The second-order valence-corrected chi connectivity index (χ2v) is 13.7. The Bertz CT molecular complexity index is 1380. The molecule has 3 saturated carbocycles. The minimum Gasteiger partial charge on any atom is -0.390 e. The topological polar surface area (TPSA) is 146 Å². The number of pyridine rings is 1. The molecule has 3 aliphatic rings. The minimum atomic E-state index is -1.67. The van der Waals surface area contributed by atoms with E-state index in [-0.39, 0.29) is 6.42 Å². The molecule has 0 amide bonds. The predicted octanol–water partition coefficient (Wildman–Crippen LogP) is 4.60. The van der Waals surface area contributed by atoms with Gasteiger partial charge < -0.3 is 30.7 Å². The van der Waals surface area contributed by atoms with Gasteiger partial charge in [0.05, 0.1) is 33.9 Å². The highest BCUT2D eigenvalue weighted by Crippen LogP contribution is 2.46. The van der Waals surface area contributed by atoms with Crippen molar-refractivity contribution < 1.29 is 20.1 Å². The van der Waals surface area contributed by atoms with Gasteiger partial charge in [0.15, 0.2) is 5.72 Å². The maximum Gasteiger partial charge on any atom is 0.224 e. The zero-order chi connectivity index (χ0) is 28.8. The predicted molar refractivity (Wildman–Crippen MR) is 160 cm³/mol. The van der Waals surface area contributed by atoms with Crippen LogP contribution in [0.3, 0.4) is 0 Å². The van der Waals surface area contributed by atoms with E-state index in [1.807, 2.05) is 19.2 Å². The van der Waals surface area contributed by atoms with Crippen LogP contribution in [0.15, 0.2) is 12.3 Å². The number of nitrogens with zero attached hydrogens (tertiary/aromatic N) is 4. The van der Waals surface area contributed by atoms with Crippen molar-refractivity contribution in [3.63, 3.8) is 0 Å². The SMILES string of the molecule is Cc1nc(NCCOCC2CCCC2)nc(NC2(O)CCC(C(C)(C)O)C2O)c1-c1nc2c(C3CC3)nccc2s1. The summed E-state index contributed by atoms with van der Waals surface area (Å²) < 4.78 is 6.95. The third kappa shape index (κ3) is 6.06. The highest BCUT2D eigenvalue weighted by molar-refractivity contribution is 7.21. The zero-order valence-electron chi connectivity index (χ0n) is 24.2. The molecule has 0 aromatic carbocycles. The molecule has 5 N–H and O–H groups in total. The van der Waals surface area contributed by atoms with Crippen molar-refractivity contribution in [3.05, 3.63) is 23.7 Å². The van der Waals surface area contributed by atoms with Gasteiger partial charge in [-0.2, -0.15) is 4.98 Å². The van der Waals surface area contributed by atoms with E-state index < -0.39 is 23.3 Å². The normalized spacial score (nSPS) is 25.3. The Kier molecular flexibility index (Phi) is 7.92. The van der Waals surface area contributed by atoms with Gasteiger partial charge >= 0.3 is 0 Å². The average molecular weight is 583 g/mol. The molecule has 3 fully saturated rings. The van der Waals surface area contributed by atoms with Crippen LogP contribution in [0.4, 0.5) is 11.8 Å². The fraction of sp³-hybridized carbons (Fsp3) is 0.667. The summed E-state index contributed by atoms with van der Waals surface area (Å²) in [6.07, 6.45) is 8.74. The number of aliphatic hydroxyl groups is 3. The second kappa shape index (κ2) is 11.3. The van der Waals surface area contributed by atoms with Crippen LogP contribution >= 0.6 is 11.3 Å². The number of aryl methyl sites for hydroxylation is 1. The molecule has 222 valence electrons. The number of rotatable bonds is 11. The summed E-state index contributed by atoms with van der Waals surface area (Å²) >= 11 is 1.55. The first-order chi connectivity index (χ1) is 19.6. The average Bonchev–Trinajstić information content (AvgIpc) is 3.30. The lowest BCUT2D eigenvalue weighted by Gasteiger charge is -2.34. The quantitative estimate of drug-likeness (QED) is 0.161. The van der Waals surface area contributed by atoms with Crippen molar-refractivity contribution in [2.45, 2.75) is 95.5 Å². The molecule has 6 rings (SSSR count). The molecule has 0 radical (unpaired) electrons. The molecule has 11 heteroatoms. The van der Waals surface area contributed by atoms with E-state index in [1.165, 1.54) is 25.7 Å². The lowest BCUT2D eigenvalue weighted by atomic mass is 9.87. The van der Waals surface area contributed by atoms with E-state index in [0.717, 1.165) is 40.4 Å². The van der Waals surface area contributed by atoms with Crippen LogP contribution < -0.4 is 10.6 Å². The molecule has 10 nitrogen and oxygen atoms in total. The summed E-state index contributed by atoms with van der Waals surface area (Å²) in [6, 6.07) is 1.98. The number of hydrogen-bond acceptors (Lipinski definition) is 11. The summed E-state index contributed by atoms with van der Waals surface area (Å²) in [5.74, 6) is 1.44. The van der Waals surface area contributed by atoms with E-state index >= 15 is 0 Å². The third-order valence-electron chi connectivity index (χ3n) is 8.91. The molecule has 3 atom stereocenters. The van der Waals surface area contributed by atoms with Crippen LogP contribution in [0.2, 0.25) is 0 Å². The largest absolute Gasteiger partial charge is 0.390 e. The minimum absolute atomic E-state index is 0.263. The van der Waals surface area contributed by atoms with Gasteiger partial charge in [-0.05, 0) is 71.3 Å². The Labute approximate surface area is 245 Å². The summed E-state index contributed by atoms with van der Waals surface area (Å²) in [6.45, 7) is 7.12. The second-order valence-electron chi connectivity index (χ2n) is 12.6. The summed E-state index contributed by atoms with van der Waals surface area (Å²) in [4.78, 5) is 19.2. The van der Waals surface area contributed by atoms with Gasteiger partial charge in [-0.3, -0.25) is 4.98 Å². The Morgan fingerprint density at radius 1 is 1.12 bits per heavy atom. The van der Waals surface area contributed by atoms with Crippen molar-refractivity contribution in [2.24, 2.45) is 11.8 Å². The highest BCUT2D eigenvalue weighted by Gasteiger charge is 2.52. The van der Waals surface area contributed by atoms with Crippen molar-refractivity contribution in [2.75, 3.05) is 30.4 Å². The van der Waals surface area contributed by atoms with E-state index in [0.29, 0.717) is 54.4 Å². The number of nitrogens with one attached hydrogen (secondary N) is 2. The van der Waals surface area contributed by atoms with Gasteiger partial charge in [-0.15, -0.1) is 11.3 Å². The lowest BCUT2D eigenvalue weighted by Crippen LogP contribution is -2.51. The van der Waals surface area contributed by atoms with E-state index in [9.17, 15) is 15.3 Å². The molecule has 3 aliphatic carbocycles. The standard InChI is InChI=1S/C30H42N6O4S/c1-17-22(27-34-24-21(41-27)11-13-31-23(24)19-8-9-19)26(36-30(39)12-10-20(25(30)37)29(2,3)38)35-28(33-17)32-14-15-40-16-18-6-4-5-7-18/h11,13,18-20,25,37-39H,4-10,12,14-16H2,1-3H3,(H2,32,33,35,36). The van der Waals surface area contributed by atoms with Crippen molar-refractivity contribution >= 4 is 33.3 Å². The maximum absolute atomic E-state index is 11.6. The lowest BCUT2D eigenvalue weighted by molar-refractivity contribution is -0.0926. The van der Waals surface area contributed by atoms with Crippen molar-refractivity contribution in [3.8, 4) is 10.6 Å². The molecule has 0 saturated heterocycles. The number of aliphatic hydroxyl groups excluding tert-OH is 1. The van der Waals surface area contributed by atoms with Gasteiger partial charge in [0.1, 0.15) is 22.4 Å². The molecule has 3 aromatic rings. The molecule has 0 spiro atoms. The van der Waals surface area contributed by atoms with Crippen molar-refractivity contribution in [1.29, 1.82) is 0 Å². The summed E-state index contributed by atoms with van der Waals surface area (Å²) in [5, 5.41) is 40.6. The number of anilines is 2. The molecule has 3 unspecified atom stereocenters. The Morgan fingerprint density at radius 3 is 2.61 bits per heavy atom. The number of ether oxygens (including phenoxy) is 1. The van der Waals surface area contributed by atoms with Gasteiger partial charge in [-0.1, -0.05) is 12.8 Å².